The van der Waals surface area contributed by atoms with E-state index in [4.69, 9.17) is 0 Å². The van der Waals surface area contributed by atoms with Gasteiger partial charge in [-0.25, -0.2) is 4.79 Å². The maximum atomic E-state index is 12.2. The molecule has 0 saturated heterocycles. The zero-order valence-corrected chi connectivity index (χ0v) is 10.6. The van der Waals surface area contributed by atoms with Gasteiger partial charge in [-0.3, -0.25) is 13.9 Å². The van der Waals surface area contributed by atoms with Crippen molar-refractivity contribution in [3.8, 4) is 0 Å². The van der Waals surface area contributed by atoms with Crippen molar-refractivity contribution in [2.45, 2.75) is 26.9 Å². The predicted octanol–water partition coefficient (Wildman–Crippen LogP) is 1.39. The molecular weight excluding hydrogens is 228 g/mol. The van der Waals surface area contributed by atoms with Crippen LogP contribution in [-0.4, -0.2) is 9.13 Å². The van der Waals surface area contributed by atoms with Crippen LogP contribution in [0.1, 0.15) is 18.2 Å². The number of hydrogen-bond donors (Lipinski definition) is 0. The summed E-state index contributed by atoms with van der Waals surface area (Å²) < 4.78 is 2.87. The summed E-state index contributed by atoms with van der Waals surface area (Å²) in [6.45, 7) is 4.56. The lowest BCUT2D eigenvalue weighted by molar-refractivity contribution is 0.585. The average Bonchev–Trinajstić information content (AvgIpc) is 2.36. The fourth-order valence-corrected chi connectivity index (χ4v) is 2.02. The van der Waals surface area contributed by atoms with Gasteiger partial charge in [0.25, 0.3) is 5.56 Å². The van der Waals surface area contributed by atoms with Crippen molar-refractivity contribution >= 4 is 0 Å². The Hall–Kier alpha value is -2.10. The van der Waals surface area contributed by atoms with Gasteiger partial charge in [-0.1, -0.05) is 30.3 Å². The highest BCUT2D eigenvalue weighted by atomic mass is 16.2. The zero-order valence-electron chi connectivity index (χ0n) is 10.6. The molecule has 1 heterocycles. The van der Waals surface area contributed by atoms with Crippen LogP contribution in [0.4, 0.5) is 0 Å². The van der Waals surface area contributed by atoms with E-state index in [9.17, 15) is 9.59 Å². The molecule has 0 radical (unpaired) electrons. The van der Waals surface area contributed by atoms with Gasteiger partial charge in [0.2, 0.25) is 0 Å². The van der Waals surface area contributed by atoms with Crippen molar-refractivity contribution in [1.82, 2.24) is 9.13 Å². The van der Waals surface area contributed by atoms with Crippen LogP contribution in [-0.2, 0) is 13.1 Å². The second-order valence-corrected chi connectivity index (χ2v) is 4.22. The van der Waals surface area contributed by atoms with Crippen LogP contribution >= 0.6 is 0 Å². The lowest BCUT2D eigenvalue weighted by Crippen LogP contribution is -2.40. The topological polar surface area (TPSA) is 44.0 Å². The van der Waals surface area contributed by atoms with Crippen LogP contribution in [0.25, 0.3) is 0 Å². The third-order valence-corrected chi connectivity index (χ3v) is 2.99. The molecule has 4 nitrogen and oxygen atoms in total. The molecule has 0 aliphatic heterocycles. The molecule has 2 rings (SSSR count). The molecule has 94 valence electrons. The third-order valence-electron chi connectivity index (χ3n) is 2.99. The summed E-state index contributed by atoms with van der Waals surface area (Å²) in [5.41, 5.74) is 1.16. The number of rotatable bonds is 3. The number of aryl methyl sites for hydroxylation is 1. The van der Waals surface area contributed by atoms with Crippen LogP contribution in [0.15, 0.2) is 46.0 Å². The monoisotopic (exact) mass is 244 g/mol. The van der Waals surface area contributed by atoms with E-state index in [1.54, 1.807) is 11.5 Å². The van der Waals surface area contributed by atoms with Crippen molar-refractivity contribution < 1.29 is 0 Å². The van der Waals surface area contributed by atoms with Gasteiger partial charge in [-0.05, 0) is 19.4 Å². The molecule has 0 spiro atoms. The Morgan fingerprint density at radius 1 is 1.06 bits per heavy atom. The van der Waals surface area contributed by atoms with E-state index in [-0.39, 0.29) is 11.2 Å². The molecule has 0 aliphatic carbocycles. The number of hydrogen-bond acceptors (Lipinski definition) is 2. The second kappa shape index (κ2) is 5.04. The molecule has 2 aromatic rings. The summed E-state index contributed by atoms with van der Waals surface area (Å²) in [5, 5.41) is 0. The van der Waals surface area contributed by atoms with Crippen molar-refractivity contribution in [1.29, 1.82) is 0 Å². The fraction of sp³-hybridized carbons (Fsp3) is 0.286. The van der Waals surface area contributed by atoms with Crippen molar-refractivity contribution in [2.75, 3.05) is 0 Å². The Labute approximate surface area is 105 Å². The Balaban J connectivity index is 2.52. The predicted molar refractivity (Wildman–Crippen MR) is 70.9 cm³/mol. The minimum absolute atomic E-state index is 0.244. The van der Waals surface area contributed by atoms with E-state index in [1.165, 1.54) is 10.6 Å². The molecule has 4 heteroatoms. The van der Waals surface area contributed by atoms with Crippen LogP contribution < -0.4 is 11.2 Å². The van der Waals surface area contributed by atoms with E-state index < -0.39 is 0 Å². The van der Waals surface area contributed by atoms with Crippen LogP contribution in [0, 0.1) is 6.92 Å². The highest BCUT2D eigenvalue weighted by molar-refractivity contribution is 5.15. The molecule has 0 bridgehead atoms. The molecule has 0 N–H and O–H groups in total. The molecule has 1 aromatic heterocycles. The van der Waals surface area contributed by atoms with Gasteiger partial charge < -0.3 is 0 Å². The summed E-state index contributed by atoms with van der Waals surface area (Å²) in [6, 6.07) is 11.0. The molecule has 18 heavy (non-hydrogen) atoms. The smallest absolute Gasteiger partial charge is 0.298 e. The first-order valence-corrected chi connectivity index (χ1v) is 5.98. The fourth-order valence-electron chi connectivity index (χ4n) is 2.02. The summed E-state index contributed by atoms with van der Waals surface area (Å²) >= 11 is 0. The maximum absolute atomic E-state index is 12.2. The Morgan fingerprint density at radius 3 is 2.33 bits per heavy atom. The summed E-state index contributed by atoms with van der Waals surface area (Å²) in [6.07, 6.45) is 0. The lowest BCUT2D eigenvalue weighted by atomic mass is 10.2. The van der Waals surface area contributed by atoms with E-state index in [1.807, 2.05) is 37.3 Å². The molecule has 1 aromatic carbocycles. The lowest BCUT2D eigenvalue weighted by Gasteiger charge is -2.11. The minimum atomic E-state index is -0.244. The van der Waals surface area contributed by atoms with Crippen molar-refractivity contribution in [3.05, 3.63) is 68.5 Å². The molecule has 0 fully saturated rings. The molecular formula is C14H16N2O2. The van der Waals surface area contributed by atoms with Gasteiger partial charge in [-0.15, -0.1) is 0 Å². The molecule has 0 atom stereocenters. The molecule has 0 aliphatic rings. The molecule has 0 saturated carbocycles. The van der Waals surface area contributed by atoms with Crippen molar-refractivity contribution in [2.24, 2.45) is 0 Å². The van der Waals surface area contributed by atoms with Crippen LogP contribution in [0.5, 0.6) is 0 Å². The summed E-state index contributed by atoms with van der Waals surface area (Å²) in [7, 11) is 0. The Bertz CT molecular complexity index is 654. The van der Waals surface area contributed by atoms with Crippen molar-refractivity contribution in [3.63, 3.8) is 0 Å². The largest absolute Gasteiger partial charge is 0.331 e. The van der Waals surface area contributed by atoms with Gasteiger partial charge in [-0.2, -0.15) is 0 Å². The molecule has 0 unspecified atom stereocenters. The normalized spacial score (nSPS) is 10.6. The van der Waals surface area contributed by atoms with Crippen LogP contribution in [0.3, 0.4) is 0 Å². The van der Waals surface area contributed by atoms with E-state index >= 15 is 0 Å². The van der Waals surface area contributed by atoms with E-state index in [2.05, 4.69) is 0 Å². The van der Waals surface area contributed by atoms with Crippen LogP contribution in [0.2, 0.25) is 0 Å². The van der Waals surface area contributed by atoms with Gasteiger partial charge in [0, 0.05) is 18.3 Å². The minimum Gasteiger partial charge on any atom is -0.298 e. The standard InChI is InChI=1S/C14H16N2O2/c1-3-15-11(2)9-13(17)16(14(15)18)10-12-7-5-4-6-8-12/h4-9H,3,10H2,1-2H3. The Morgan fingerprint density at radius 2 is 1.72 bits per heavy atom. The van der Waals surface area contributed by atoms with Gasteiger partial charge >= 0.3 is 5.69 Å². The van der Waals surface area contributed by atoms with Gasteiger partial charge in [0.15, 0.2) is 0 Å². The first kappa shape index (κ1) is 12.4. The summed E-state index contributed by atoms with van der Waals surface area (Å²) in [4.78, 5) is 24.1. The zero-order chi connectivity index (χ0) is 13.1. The van der Waals surface area contributed by atoms with E-state index in [0.29, 0.717) is 18.8 Å². The highest BCUT2D eigenvalue weighted by Crippen LogP contribution is 1.99. The SMILES string of the molecule is CCn1c(C)cc(=O)n(Cc2ccccc2)c1=O. The first-order chi connectivity index (χ1) is 8.63. The maximum Gasteiger partial charge on any atom is 0.331 e. The van der Waals surface area contributed by atoms with Gasteiger partial charge in [0.05, 0.1) is 6.54 Å². The first-order valence-electron chi connectivity index (χ1n) is 5.98. The average molecular weight is 244 g/mol. The molecule has 0 amide bonds. The third kappa shape index (κ3) is 2.27. The quantitative estimate of drug-likeness (QED) is 0.819. The number of nitrogens with zero attached hydrogens (tertiary/aromatic N) is 2. The highest BCUT2D eigenvalue weighted by Gasteiger charge is 2.07. The second-order valence-electron chi connectivity index (χ2n) is 4.22. The summed E-state index contributed by atoms with van der Waals surface area (Å²) in [5.74, 6) is 0. The Kier molecular flexibility index (Phi) is 3.46. The number of aromatic nitrogens is 2. The number of benzene rings is 1. The van der Waals surface area contributed by atoms with E-state index in [0.717, 1.165) is 5.56 Å². The van der Waals surface area contributed by atoms with Gasteiger partial charge in [0.1, 0.15) is 0 Å².